The standard InChI is InChI=1S/C14H23N3O3S/c1-6-20-14(19)9-10(15)11(12(18)16-5)21-13(9)17-8(4)7(2)3/h7-8,17H,6,15H2,1-5H3,(H,16,18). The van der Waals surface area contributed by atoms with Gasteiger partial charge in [0.05, 0.1) is 12.3 Å². The van der Waals surface area contributed by atoms with Crippen molar-refractivity contribution in [1.29, 1.82) is 0 Å². The normalized spacial score (nSPS) is 12.1. The van der Waals surface area contributed by atoms with E-state index in [0.717, 1.165) is 0 Å². The zero-order chi connectivity index (χ0) is 16.2. The number of amides is 1. The number of ether oxygens (including phenoxy) is 1. The maximum atomic E-state index is 12.1. The molecule has 0 spiro atoms. The lowest BCUT2D eigenvalue weighted by Crippen LogP contribution is -2.22. The van der Waals surface area contributed by atoms with Crippen molar-refractivity contribution in [2.45, 2.75) is 33.7 Å². The summed E-state index contributed by atoms with van der Waals surface area (Å²) in [5, 5.41) is 6.34. The van der Waals surface area contributed by atoms with E-state index in [-0.39, 0.29) is 29.8 Å². The Morgan fingerprint density at radius 3 is 2.43 bits per heavy atom. The number of nitrogens with two attached hydrogens (primary N) is 1. The van der Waals surface area contributed by atoms with Crippen LogP contribution in [0.4, 0.5) is 10.7 Å². The van der Waals surface area contributed by atoms with Gasteiger partial charge in [-0.15, -0.1) is 11.3 Å². The molecule has 0 aliphatic heterocycles. The van der Waals surface area contributed by atoms with Crippen LogP contribution in [-0.4, -0.2) is 31.6 Å². The molecule has 6 nitrogen and oxygen atoms in total. The van der Waals surface area contributed by atoms with Crippen LogP contribution in [0.1, 0.15) is 47.7 Å². The molecule has 0 aliphatic rings. The summed E-state index contributed by atoms with van der Waals surface area (Å²) in [4.78, 5) is 24.3. The van der Waals surface area contributed by atoms with Crippen LogP contribution in [0, 0.1) is 5.92 Å². The van der Waals surface area contributed by atoms with Gasteiger partial charge < -0.3 is 21.1 Å². The molecule has 0 aliphatic carbocycles. The molecule has 1 atom stereocenters. The van der Waals surface area contributed by atoms with E-state index in [1.807, 2.05) is 6.92 Å². The highest BCUT2D eigenvalue weighted by molar-refractivity contribution is 7.19. The van der Waals surface area contributed by atoms with Crippen LogP contribution in [0.15, 0.2) is 0 Å². The van der Waals surface area contributed by atoms with Crippen LogP contribution in [0.5, 0.6) is 0 Å². The SMILES string of the molecule is CCOC(=O)c1c(NC(C)C(C)C)sc(C(=O)NC)c1N. The van der Waals surface area contributed by atoms with Gasteiger partial charge in [-0.3, -0.25) is 4.79 Å². The number of hydrogen-bond acceptors (Lipinski definition) is 6. The summed E-state index contributed by atoms with van der Waals surface area (Å²) >= 11 is 1.17. The predicted molar refractivity (Wildman–Crippen MR) is 86.0 cm³/mol. The fourth-order valence-electron chi connectivity index (χ4n) is 1.61. The zero-order valence-electron chi connectivity index (χ0n) is 13.1. The number of thiophene rings is 1. The first-order valence-electron chi connectivity index (χ1n) is 6.91. The Labute approximate surface area is 129 Å². The van der Waals surface area contributed by atoms with Crippen LogP contribution < -0.4 is 16.4 Å². The highest BCUT2D eigenvalue weighted by Crippen LogP contribution is 2.37. The molecule has 1 aromatic heterocycles. The Morgan fingerprint density at radius 1 is 1.33 bits per heavy atom. The molecule has 0 bridgehead atoms. The second kappa shape index (κ2) is 7.31. The minimum absolute atomic E-state index is 0.133. The molecule has 1 rings (SSSR count). The van der Waals surface area contributed by atoms with Crippen molar-refractivity contribution in [2.24, 2.45) is 5.92 Å². The third-order valence-electron chi connectivity index (χ3n) is 3.22. The van der Waals surface area contributed by atoms with Gasteiger partial charge in [0.1, 0.15) is 15.4 Å². The number of esters is 1. The Hall–Kier alpha value is -1.76. The molecular weight excluding hydrogens is 290 g/mol. The van der Waals surface area contributed by atoms with Crippen molar-refractivity contribution in [2.75, 3.05) is 24.7 Å². The highest BCUT2D eigenvalue weighted by Gasteiger charge is 2.27. The number of anilines is 2. The lowest BCUT2D eigenvalue weighted by atomic mass is 10.1. The van der Waals surface area contributed by atoms with Gasteiger partial charge in [-0.25, -0.2) is 4.79 Å². The average molecular weight is 313 g/mol. The molecule has 1 amide bonds. The van der Waals surface area contributed by atoms with Crippen LogP contribution in [0.2, 0.25) is 0 Å². The van der Waals surface area contributed by atoms with Gasteiger partial charge in [-0.05, 0) is 19.8 Å². The van der Waals surface area contributed by atoms with Crippen LogP contribution >= 0.6 is 11.3 Å². The number of carbonyl (C=O) groups is 2. The topological polar surface area (TPSA) is 93.4 Å². The van der Waals surface area contributed by atoms with Crippen molar-refractivity contribution in [3.8, 4) is 0 Å². The summed E-state index contributed by atoms with van der Waals surface area (Å²) in [6.07, 6.45) is 0. The molecule has 1 unspecified atom stereocenters. The van der Waals surface area contributed by atoms with Crippen LogP contribution in [-0.2, 0) is 4.74 Å². The first-order chi connectivity index (χ1) is 9.83. The van der Waals surface area contributed by atoms with Gasteiger partial charge in [0.15, 0.2) is 0 Å². The molecular formula is C14H23N3O3S. The third kappa shape index (κ3) is 3.87. The maximum Gasteiger partial charge on any atom is 0.343 e. The molecule has 21 heavy (non-hydrogen) atoms. The molecule has 1 aromatic rings. The molecule has 0 aromatic carbocycles. The van der Waals surface area contributed by atoms with E-state index in [4.69, 9.17) is 10.5 Å². The van der Waals surface area contributed by atoms with E-state index in [9.17, 15) is 9.59 Å². The number of nitrogen functional groups attached to an aromatic ring is 1. The van der Waals surface area contributed by atoms with Gasteiger partial charge in [0.2, 0.25) is 0 Å². The van der Waals surface area contributed by atoms with E-state index < -0.39 is 5.97 Å². The number of rotatable bonds is 6. The predicted octanol–water partition coefficient (Wildman–Crippen LogP) is 2.32. The molecule has 0 fully saturated rings. The quantitative estimate of drug-likeness (QED) is 0.701. The van der Waals surface area contributed by atoms with Crippen molar-refractivity contribution >= 4 is 33.9 Å². The number of nitrogens with one attached hydrogen (secondary N) is 2. The Morgan fingerprint density at radius 2 is 1.95 bits per heavy atom. The van der Waals surface area contributed by atoms with E-state index in [1.165, 1.54) is 18.4 Å². The van der Waals surface area contributed by atoms with Crippen LogP contribution in [0.25, 0.3) is 0 Å². The summed E-state index contributed by atoms with van der Waals surface area (Å²) < 4.78 is 5.03. The summed E-state index contributed by atoms with van der Waals surface area (Å²) in [5.41, 5.74) is 6.38. The van der Waals surface area contributed by atoms with Gasteiger partial charge in [-0.2, -0.15) is 0 Å². The molecule has 0 saturated heterocycles. The van der Waals surface area contributed by atoms with Crippen LogP contribution in [0.3, 0.4) is 0 Å². The molecule has 0 saturated carbocycles. The monoisotopic (exact) mass is 313 g/mol. The van der Waals surface area contributed by atoms with E-state index in [2.05, 4.69) is 24.5 Å². The fourth-order valence-corrected chi connectivity index (χ4v) is 2.76. The largest absolute Gasteiger partial charge is 0.462 e. The van der Waals surface area contributed by atoms with Gasteiger partial charge in [-0.1, -0.05) is 13.8 Å². The maximum absolute atomic E-state index is 12.1. The minimum atomic E-state index is -0.514. The van der Waals surface area contributed by atoms with Crippen molar-refractivity contribution < 1.29 is 14.3 Å². The minimum Gasteiger partial charge on any atom is -0.462 e. The molecule has 1 heterocycles. The molecule has 0 radical (unpaired) electrons. The summed E-state index contributed by atoms with van der Waals surface area (Å²) in [7, 11) is 1.52. The van der Waals surface area contributed by atoms with E-state index in [1.54, 1.807) is 6.92 Å². The lowest BCUT2D eigenvalue weighted by Gasteiger charge is -2.18. The summed E-state index contributed by atoms with van der Waals surface area (Å²) in [5.74, 6) is -0.458. The molecule has 7 heteroatoms. The highest BCUT2D eigenvalue weighted by atomic mass is 32.1. The zero-order valence-corrected chi connectivity index (χ0v) is 13.9. The smallest absolute Gasteiger partial charge is 0.343 e. The van der Waals surface area contributed by atoms with E-state index >= 15 is 0 Å². The number of carbonyl (C=O) groups excluding carboxylic acids is 2. The second-order valence-electron chi connectivity index (χ2n) is 5.03. The van der Waals surface area contributed by atoms with Crippen molar-refractivity contribution in [1.82, 2.24) is 5.32 Å². The van der Waals surface area contributed by atoms with Gasteiger partial charge in [0, 0.05) is 13.1 Å². The van der Waals surface area contributed by atoms with Crippen molar-refractivity contribution in [3.63, 3.8) is 0 Å². The summed E-state index contributed by atoms with van der Waals surface area (Å²) in [6, 6.07) is 0.133. The Balaban J connectivity index is 3.26. The first kappa shape index (κ1) is 17.3. The summed E-state index contributed by atoms with van der Waals surface area (Å²) in [6.45, 7) is 8.12. The second-order valence-corrected chi connectivity index (χ2v) is 6.05. The lowest BCUT2D eigenvalue weighted by molar-refractivity contribution is 0.0529. The first-order valence-corrected chi connectivity index (χ1v) is 7.73. The number of hydrogen-bond donors (Lipinski definition) is 3. The fraction of sp³-hybridized carbons (Fsp3) is 0.571. The molecule has 118 valence electrons. The average Bonchev–Trinajstić information content (AvgIpc) is 2.74. The Bertz CT molecular complexity index is 526. The van der Waals surface area contributed by atoms with E-state index in [0.29, 0.717) is 15.8 Å². The third-order valence-corrected chi connectivity index (χ3v) is 4.35. The van der Waals surface area contributed by atoms with Gasteiger partial charge in [0.25, 0.3) is 5.91 Å². The van der Waals surface area contributed by atoms with Gasteiger partial charge >= 0.3 is 5.97 Å². The van der Waals surface area contributed by atoms with Crippen molar-refractivity contribution in [3.05, 3.63) is 10.4 Å². The molecule has 4 N–H and O–H groups in total. The Kier molecular flexibility index (Phi) is 6.02.